The van der Waals surface area contributed by atoms with E-state index in [4.69, 9.17) is 38.3 Å². The Labute approximate surface area is 243 Å². The van der Waals surface area contributed by atoms with Crippen LogP contribution in [0.3, 0.4) is 0 Å². The van der Waals surface area contributed by atoms with Crippen molar-refractivity contribution in [3.63, 3.8) is 0 Å². The molecule has 0 aromatic heterocycles. The van der Waals surface area contributed by atoms with E-state index in [2.05, 4.69) is 0 Å². The maximum Gasteiger partial charge on any atom is 0.187 e. The van der Waals surface area contributed by atoms with Gasteiger partial charge in [-0.15, -0.1) is 0 Å². The summed E-state index contributed by atoms with van der Waals surface area (Å²) in [5, 5.41) is 99.3. The molecule has 2 aliphatic heterocycles. The Kier molecular flexibility index (Phi) is 16.4. The van der Waals surface area contributed by atoms with E-state index in [0.29, 0.717) is 0 Å². The molecule has 17 heteroatoms. The van der Waals surface area contributed by atoms with Crippen molar-refractivity contribution in [2.45, 2.75) is 119 Å². The zero-order chi connectivity index (χ0) is 31.6. The topological polar surface area (TPSA) is 267 Å². The Bertz CT molecular complexity index is 731. The second kappa shape index (κ2) is 18.3. The van der Waals surface area contributed by atoms with Crippen molar-refractivity contribution >= 4 is 0 Å². The van der Waals surface area contributed by atoms with Crippen LogP contribution in [0.15, 0.2) is 0 Å². The number of aliphatic hydroxyl groups is 10. The van der Waals surface area contributed by atoms with Crippen LogP contribution in [0.25, 0.3) is 0 Å². The van der Waals surface area contributed by atoms with Gasteiger partial charge < -0.3 is 84.2 Å². The van der Waals surface area contributed by atoms with Crippen LogP contribution < -0.4 is 0 Å². The van der Waals surface area contributed by atoms with Crippen molar-refractivity contribution in [1.29, 1.82) is 0 Å². The van der Waals surface area contributed by atoms with Gasteiger partial charge in [0.25, 0.3) is 0 Å². The van der Waals surface area contributed by atoms with Crippen LogP contribution in [-0.4, -0.2) is 183 Å². The number of rotatable bonds is 18. The molecule has 10 N–H and O–H groups in total. The average molecular weight is 621 g/mol. The summed E-state index contributed by atoms with van der Waals surface area (Å²) >= 11 is 0. The predicted octanol–water partition coefficient (Wildman–Crippen LogP) is -5.10. The third-order valence-corrected chi connectivity index (χ3v) is 6.99. The van der Waals surface area contributed by atoms with Crippen molar-refractivity contribution < 1.29 is 84.2 Å². The molecule has 2 aliphatic rings. The lowest BCUT2D eigenvalue weighted by Gasteiger charge is -2.42. The third kappa shape index (κ3) is 10.5. The summed E-state index contributed by atoms with van der Waals surface area (Å²) in [6.07, 6.45) is -20.0. The Morgan fingerprint density at radius 2 is 1.40 bits per heavy atom. The van der Waals surface area contributed by atoms with Gasteiger partial charge in [0.05, 0.1) is 51.3 Å². The summed E-state index contributed by atoms with van der Waals surface area (Å²) in [6, 6.07) is 0. The monoisotopic (exact) mass is 620 g/mol. The molecule has 0 radical (unpaired) electrons. The van der Waals surface area contributed by atoms with Gasteiger partial charge in [-0.1, -0.05) is 0 Å². The number of ether oxygens (including phenoxy) is 7. The highest BCUT2D eigenvalue weighted by Crippen LogP contribution is 2.26. The molecule has 0 bridgehead atoms. The molecule has 2 heterocycles. The first-order valence-electron chi connectivity index (χ1n) is 13.9. The minimum atomic E-state index is -1.75. The van der Waals surface area contributed by atoms with E-state index < -0.39 is 105 Å². The molecule has 42 heavy (non-hydrogen) atoms. The molecule has 0 aliphatic carbocycles. The summed E-state index contributed by atoms with van der Waals surface area (Å²) in [4.78, 5) is 0. The molecule has 2 fully saturated rings. The van der Waals surface area contributed by atoms with Gasteiger partial charge in [0, 0.05) is 6.61 Å². The van der Waals surface area contributed by atoms with E-state index in [9.17, 15) is 46.0 Å². The maximum absolute atomic E-state index is 10.4. The average Bonchev–Trinajstić information content (AvgIpc) is 2.96. The normalized spacial score (nSPS) is 37.6. The Hall–Kier alpha value is -0.680. The van der Waals surface area contributed by atoms with Gasteiger partial charge in [-0.2, -0.15) is 0 Å². The van der Waals surface area contributed by atoms with E-state index in [1.807, 2.05) is 0 Å². The van der Waals surface area contributed by atoms with Crippen LogP contribution in [0, 0.1) is 0 Å². The quantitative estimate of drug-likeness (QED) is 0.0507. The standard InChI is InChI=1S/C25H48O17/c1-11(29)23(42-25-22(35)20(33)18(31)15(8-27)41-25)16(9-28)40-13(3)39-14(4-6-36-7-5-26)10-37-24-21(34)19(32)17(30)12(2)38-24/h11-35H,4-10H2,1-3H3. The fraction of sp³-hybridized carbons (Fsp3) is 1.00. The molecule has 0 saturated carbocycles. The third-order valence-electron chi connectivity index (χ3n) is 6.99. The van der Waals surface area contributed by atoms with Crippen molar-refractivity contribution in [2.24, 2.45) is 0 Å². The molecule has 15 atom stereocenters. The molecule has 250 valence electrons. The van der Waals surface area contributed by atoms with Crippen LogP contribution in [0.4, 0.5) is 0 Å². The highest BCUT2D eigenvalue weighted by molar-refractivity contribution is 4.90. The fourth-order valence-corrected chi connectivity index (χ4v) is 4.55. The zero-order valence-corrected chi connectivity index (χ0v) is 23.9. The Morgan fingerprint density at radius 1 is 0.762 bits per heavy atom. The van der Waals surface area contributed by atoms with E-state index >= 15 is 0 Å². The molecule has 15 unspecified atom stereocenters. The van der Waals surface area contributed by atoms with E-state index in [0.717, 1.165) is 0 Å². The van der Waals surface area contributed by atoms with E-state index in [1.165, 1.54) is 20.8 Å². The SMILES string of the molecule is CC(OC(CCOCCO)COC1OC(C)C(O)C(O)C1O)OC(CO)C(OC1OC(CO)C(O)C(O)C1O)C(C)O. The highest BCUT2D eigenvalue weighted by atomic mass is 16.7. The van der Waals surface area contributed by atoms with Crippen molar-refractivity contribution in [3.8, 4) is 0 Å². The molecule has 0 amide bonds. The first-order valence-corrected chi connectivity index (χ1v) is 13.9. The van der Waals surface area contributed by atoms with Crippen LogP contribution >= 0.6 is 0 Å². The van der Waals surface area contributed by atoms with Crippen LogP contribution in [0.5, 0.6) is 0 Å². The van der Waals surface area contributed by atoms with Gasteiger partial charge in [-0.05, 0) is 27.2 Å². The van der Waals surface area contributed by atoms with Gasteiger partial charge in [0.2, 0.25) is 0 Å². The lowest BCUT2D eigenvalue weighted by atomic mass is 9.99. The van der Waals surface area contributed by atoms with Crippen molar-refractivity contribution in [3.05, 3.63) is 0 Å². The molecule has 0 spiro atoms. The van der Waals surface area contributed by atoms with Gasteiger partial charge in [0.15, 0.2) is 18.9 Å². The van der Waals surface area contributed by atoms with Crippen molar-refractivity contribution in [2.75, 3.05) is 39.6 Å². The molecule has 2 saturated heterocycles. The first-order chi connectivity index (χ1) is 19.9. The van der Waals surface area contributed by atoms with Crippen LogP contribution in [-0.2, 0) is 33.2 Å². The lowest BCUT2D eigenvalue weighted by Crippen LogP contribution is -2.61. The molecule has 17 nitrogen and oxygen atoms in total. The molecule has 2 rings (SSSR count). The van der Waals surface area contributed by atoms with E-state index in [-0.39, 0.29) is 32.8 Å². The van der Waals surface area contributed by atoms with Gasteiger partial charge >= 0.3 is 0 Å². The summed E-state index contributed by atoms with van der Waals surface area (Å²) in [6.45, 7) is 2.73. The smallest absolute Gasteiger partial charge is 0.187 e. The summed E-state index contributed by atoms with van der Waals surface area (Å²) in [5.74, 6) is 0. The Morgan fingerprint density at radius 3 is 2.00 bits per heavy atom. The summed E-state index contributed by atoms with van der Waals surface area (Å²) in [5.41, 5.74) is 0. The fourth-order valence-electron chi connectivity index (χ4n) is 4.55. The van der Waals surface area contributed by atoms with Crippen molar-refractivity contribution in [1.82, 2.24) is 0 Å². The zero-order valence-electron chi connectivity index (χ0n) is 23.9. The predicted molar refractivity (Wildman–Crippen MR) is 137 cm³/mol. The maximum atomic E-state index is 10.4. The first kappa shape index (κ1) is 37.5. The van der Waals surface area contributed by atoms with Gasteiger partial charge in [-0.3, -0.25) is 0 Å². The van der Waals surface area contributed by atoms with E-state index in [1.54, 1.807) is 0 Å². The Balaban J connectivity index is 2.05. The molecular formula is C25H48O17. The minimum Gasteiger partial charge on any atom is -0.394 e. The number of aliphatic hydroxyl groups excluding tert-OH is 10. The second-order valence-corrected chi connectivity index (χ2v) is 10.4. The minimum absolute atomic E-state index is 0.0730. The summed E-state index contributed by atoms with van der Waals surface area (Å²) in [7, 11) is 0. The van der Waals surface area contributed by atoms with Crippen LogP contribution in [0.2, 0.25) is 0 Å². The lowest BCUT2D eigenvalue weighted by molar-refractivity contribution is -0.332. The summed E-state index contributed by atoms with van der Waals surface area (Å²) < 4.78 is 39.0. The number of hydrogen-bond acceptors (Lipinski definition) is 17. The molecule has 0 aromatic carbocycles. The van der Waals surface area contributed by atoms with Gasteiger partial charge in [-0.25, -0.2) is 0 Å². The number of hydrogen-bond donors (Lipinski definition) is 10. The molecular weight excluding hydrogens is 572 g/mol. The highest BCUT2D eigenvalue weighted by Gasteiger charge is 2.46. The second-order valence-electron chi connectivity index (χ2n) is 10.4. The largest absolute Gasteiger partial charge is 0.394 e. The molecule has 0 aromatic rings. The van der Waals surface area contributed by atoms with Gasteiger partial charge in [0.1, 0.15) is 54.9 Å². The van der Waals surface area contributed by atoms with Crippen LogP contribution in [0.1, 0.15) is 27.2 Å².